The monoisotopic (exact) mass is 216 g/mol. The van der Waals surface area contributed by atoms with E-state index in [4.69, 9.17) is 0 Å². The number of amides is 1. The number of hydrogen-bond acceptors (Lipinski definition) is 3. The standard InChI is InChI=1S/C11H8N2OS/c14-10-6-13-9(7-15-11(13)12-10)8-4-2-1-3-5-8/h1-5,7H,6H2. The lowest BCUT2D eigenvalue weighted by atomic mass is 10.1. The van der Waals surface area contributed by atoms with Gasteiger partial charge >= 0.3 is 0 Å². The number of thioether (sulfide) groups is 1. The van der Waals surface area contributed by atoms with Crippen LogP contribution in [0.2, 0.25) is 0 Å². The summed E-state index contributed by atoms with van der Waals surface area (Å²) in [7, 11) is 0. The van der Waals surface area contributed by atoms with E-state index in [1.54, 1.807) is 0 Å². The molecule has 2 aliphatic rings. The average molecular weight is 216 g/mol. The van der Waals surface area contributed by atoms with Gasteiger partial charge in [-0.25, -0.2) is 0 Å². The third-order valence-electron chi connectivity index (χ3n) is 2.38. The molecule has 1 aromatic carbocycles. The number of benzene rings is 1. The Morgan fingerprint density at radius 1 is 1.27 bits per heavy atom. The molecule has 0 saturated carbocycles. The van der Waals surface area contributed by atoms with E-state index in [0.717, 1.165) is 16.4 Å². The van der Waals surface area contributed by atoms with Crippen molar-refractivity contribution < 1.29 is 4.79 Å². The van der Waals surface area contributed by atoms with Gasteiger partial charge in [0.1, 0.15) is 6.54 Å². The molecule has 0 spiro atoms. The summed E-state index contributed by atoms with van der Waals surface area (Å²) in [5.41, 5.74) is 2.20. The van der Waals surface area contributed by atoms with Crippen molar-refractivity contribution in [2.75, 3.05) is 6.54 Å². The third kappa shape index (κ3) is 1.37. The number of carbonyl (C=O) groups is 1. The molecule has 0 bridgehead atoms. The predicted molar refractivity (Wildman–Crippen MR) is 61.2 cm³/mol. The largest absolute Gasteiger partial charge is 0.310 e. The number of fused-ring (bicyclic) bond motifs is 1. The van der Waals surface area contributed by atoms with E-state index in [-0.39, 0.29) is 5.91 Å². The number of aliphatic imine (C=N–C) groups is 1. The molecule has 0 radical (unpaired) electrons. The van der Waals surface area contributed by atoms with Crippen LogP contribution in [0.25, 0.3) is 5.70 Å². The van der Waals surface area contributed by atoms with Crippen molar-refractivity contribution in [2.24, 2.45) is 4.99 Å². The topological polar surface area (TPSA) is 32.7 Å². The summed E-state index contributed by atoms with van der Waals surface area (Å²) in [5, 5.41) is 2.85. The second kappa shape index (κ2) is 3.24. The molecule has 4 heteroatoms. The molecule has 0 unspecified atom stereocenters. The van der Waals surface area contributed by atoms with Crippen molar-refractivity contribution >= 4 is 28.5 Å². The Bertz CT molecular complexity index is 479. The normalized spacial score (nSPS) is 18.9. The van der Waals surface area contributed by atoms with Crippen molar-refractivity contribution in [3.05, 3.63) is 41.3 Å². The van der Waals surface area contributed by atoms with E-state index in [9.17, 15) is 4.79 Å². The maximum atomic E-state index is 11.2. The van der Waals surface area contributed by atoms with E-state index in [2.05, 4.69) is 4.99 Å². The zero-order valence-electron chi connectivity index (χ0n) is 7.88. The van der Waals surface area contributed by atoms with Crippen molar-refractivity contribution in [1.82, 2.24) is 4.90 Å². The second-order valence-electron chi connectivity index (χ2n) is 3.36. The minimum Gasteiger partial charge on any atom is -0.310 e. The second-order valence-corrected chi connectivity index (χ2v) is 4.20. The van der Waals surface area contributed by atoms with E-state index >= 15 is 0 Å². The first-order valence-electron chi connectivity index (χ1n) is 4.66. The molecule has 0 atom stereocenters. The third-order valence-corrected chi connectivity index (χ3v) is 3.24. The minimum absolute atomic E-state index is 0.0565. The molecular weight excluding hydrogens is 208 g/mol. The zero-order valence-corrected chi connectivity index (χ0v) is 8.70. The molecule has 0 aromatic heterocycles. The Morgan fingerprint density at radius 2 is 2.07 bits per heavy atom. The highest BCUT2D eigenvalue weighted by molar-refractivity contribution is 8.16. The fourth-order valence-corrected chi connectivity index (χ4v) is 2.61. The Labute approximate surface area is 91.5 Å². The van der Waals surface area contributed by atoms with Gasteiger partial charge in [-0.2, -0.15) is 4.99 Å². The molecule has 3 rings (SSSR count). The first-order valence-corrected chi connectivity index (χ1v) is 5.54. The minimum atomic E-state index is -0.0565. The van der Waals surface area contributed by atoms with Crippen LogP contribution in [0.5, 0.6) is 0 Å². The Hall–Kier alpha value is -1.55. The van der Waals surface area contributed by atoms with Crippen LogP contribution >= 0.6 is 11.8 Å². The Balaban J connectivity index is 1.97. The molecule has 0 N–H and O–H groups in total. The molecule has 0 saturated heterocycles. The summed E-state index contributed by atoms with van der Waals surface area (Å²) in [6.45, 7) is 0.378. The summed E-state index contributed by atoms with van der Waals surface area (Å²) >= 11 is 1.51. The predicted octanol–water partition coefficient (Wildman–Crippen LogP) is 1.93. The van der Waals surface area contributed by atoms with Crippen LogP contribution in [0, 0.1) is 0 Å². The van der Waals surface area contributed by atoms with Crippen LogP contribution in [0.3, 0.4) is 0 Å². The number of rotatable bonds is 1. The number of carbonyl (C=O) groups excluding carboxylic acids is 1. The van der Waals surface area contributed by atoms with E-state index in [1.807, 2.05) is 40.6 Å². The summed E-state index contributed by atoms with van der Waals surface area (Å²) in [4.78, 5) is 17.1. The number of amidine groups is 1. The van der Waals surface area contributed by atoms with Gasteiger partial charge < -0.3 is 4.90 Å². The maximum Gasteiger partial charge on any atom is 0.268 e. The first kappa shape index (κ1) is 8.73. The molecule has 2 heterocycles. The summed E-state index contributed by atoms with van der Waals surface area (Å²) < 4.78 is 0. The van der Waals surface area contributed by atoms with Gasteiger partial charge in [-0.3, -0.25) is 4.79 Å². The van der Waals surface area contributed by atoms with Crippen molar-refractivity contribution in [2.45, 2.75) is 0 Å². The van der Waals surface area contributed by atoms with Crippen LogP contribution < -0.4 is 0 Å². The van der Waals surface area contributed by atoms with Gasteiger partial charge in [0, 0.05) is 5.41 Å². The van der Waals surface area contributed by atoms with Crippen LogP contribution in [-0.4, -0.2) is 22.5 Å². The number of nitrogens with zero attached hydrogens (tertiary/aromatic N) is 2. The first-order chi connectivity index (χ1) is 7.34. The highest BCUT2D eigenvalue weighted by atomic mass is 32.2. The van der Waals surface area contributed by atoms with Crippen molar-refractivity contribution in [3.63, 3.8) is 0 Å². The number of hydrogen-bond donors (Lipinski definition) is 0. The molecule has 3 nitrogen and oxygen atoms in total. The lowest BCUT2D eigenvalue weighted by Gasteiger charge is -2.15. The van der Waals surface area contributed by atoms with Gasteiger partial charge in [-0.15, -0.1) is 0 Å². The molecule has 1 amide bonds. The maximum absolute atomic E-state index is 11.2. The van der Waals surface area contributed by atoms with Gasteiger partial charge in [0.2, 0.25) is 0 Å². The average Bonchev–Trinajstić information content (AvgIpc) is 2.77. The van der Waals surface area contributed by atoms with Crippen molar-refractivity contribution in [1.29, 1.82) is 0 Å². The highest BCUT2D eigenvalue weighted by Crippen LogP contribution is 2.35. The van der Waals surface area contributed by atoms with E-state index in [0.29, 0.717) is 6.54 Å². The molecular formula is C11H8N2OS. The van der Waals surface area contributed by atoms with Gasteiger partial charge in [-0.05, 0) is 5.56 Å². The highest BCUT2D eigenvalue weighted by Gasteiger charge is 2.31. The van der Waals surface area contributed by atoms with Crippen LogP contribution in [0.15, 0.2) is 40.7 Å². The van der Waals surface area contributed by atoms with Gasteiger partial charge in [0.05, 0.1) is 5.70 Å². The molecule has 0 aliphatic carbocycles. The molecule has 74 valence electrons. The summed E-state index contributed by atoms with van der Waals surface area (Å²) in [6, 6.07) is 10.0. The van der Waals surface area contributed by atoms with E-state index < -0.39 is 0 Å². The van der Waals surface area contributed by atoms with E-state index in [1.165, 1.54) is 11.8 Å². The van der Waals surface area contributed by atoms with Crippen molar-refractivity contribution in [3.8, 4) is 0 Å². The van der Waals surface area contributed by atoms with Crippen LogP contribution in [0.1, 0.15) is 5.56 Å². The van der Waals surface area contributed by atoms with Gasteiger partial charge in [0.25, 0.3) is 5.91 Å². The molecule has 15 heavy (non-hydrogen) atoms. The van der Waals surface area contributed by atoms with Crippen LogP contribution in [0.4, 0.5) is 0 Å². The summed E-state index contributed by atoms with van der Waals surface area (Å²) in [5.74, 6) is -0.0565. The fourth-order valence-electron chi connectivity index (χ4n) is 1.69. The smallest absolute Gasteiger partial charge is 0.268 e. The zero-order chi connectivity index (χ0) is 10.3. The van der Waals surface area contributed by atoms with Crippen LogP contribution in [-0.2, 0) is 4.79 Å². The van der Waals surface area contributed by atoms with Gasteiger partial charge in [0.15, 0.2) is 5.17 Å². The molecule has 1 aromatic rings. The Morgan fingerprint density at radius 3 is 2.87 bits per heavy atom. The fraction of sp³-hybridized carbons (Fsp3) is 0.0909. The van der Waals surface area contributed by atoms with Gasteiger partial charge in [-0.1, -0.05) is 42.1 Å². The lowest BCUT2D eigenvalue weighted by Crippen LogP contribution is -2.21. The lowest BCUT2D eigenvalue weighted by molar-refractivity contribution is -0.116. The SMILES string of the molecule is O=C1CN2C(c3ccccc3)=CSC2=N1. The quantitative estimate of drug-likeness (QED) is 0.719. The molecule has 0 fully saturated rings. The molecule has 2 aliphatic heterocycles. The Kier molecular flexibility index (Phi) is 1.89. The summed E-state index contributed by atoms with van der Waals surface area (Å²) in [6.07, 6.45) is 0.